The van der Waals surface area contributed by atoms with Gasteiger partial charge in [-0.1, -0.05) is 6.08 Å². The monoisotopic (exact) mass is 304 g/mol. The number of nitriles is 1. The van der Waals surface area contributed by atoms with Crippen LogP contribution in [0.4, 0.5) is 23.9 Å². The summed E-state index contributed by atoms with van der Waals surface area (Å²) in [5.74, 6) is -0.566. The Hall–Kier alpha value is -2.21. The number of nitrogens with one attached hydrogen (secondary N) is 2. The summed E-state index contributed by atoms with van der Waals surface area (Å²) in [4.78, 5) is 11.7. The lowest BCUT2D eigenvalue weighted by molar-refractivity contribution is -0.115. The first-order valence-corrected chi connectivity index (χ1v) is 6.14. The van der Waals surface area contributed by atoms with E-state index in [4.69, 9.17) is 11.0 Å². The summed E-state index contributed by atoms with van der Waals surface area (Å²) in [6.07, 6.45) is -2.99. The fraction of sp³-hybridized carbons (Fsp3) is 0.273. The highest BCUT2D eigenvalue weighted by atomic mass is 32.1. The molecule has 0 fully saturated rings. The number of carbonyl (C=O) groups excluding carboxylic acids is 1. The van der Waals surface area contributed by atoms with Crippen molar-refractivity contribution in [2.45, 2.75) is 6.18 Å². The number of nitrogens with two attached hydrogens (primary N) is 1. The van der Waals surface area contributed by atoms with E-state index in [1.54, 1.807) is 6.07 Å². The van der Waals surface area contributed by atoms with Crippen molar-refractivity contribution >= 4 is 27.9 Å². The number of nitrogens with zero attached hydrogens (tertiary/aromatic N) is 1. The Labute approximate surface area is 116 Å². The molecule has 1 amide bonds. The van der Waals surface area contributed by atoms with Gasteiger partial charge in [0.05, 0.1) is 5.69 Å². The molecule has 0 aliphatic heterocycles. The molecule has 1 aromatic rings. The lowest BCUT2D eigenvalue weighted by atomic mass is 10.2. The summed E-state index contributed by atoms with van der Waals surface area (Å²) in [6.45, 7) is 2.29. The van der Waals surface area contributed by atoms with Gasteiger partial charge in [-0.15, -0.1) is 17.9 Å². The van der Waals surface area contributed by atoms with Gasteiger partial charge in [-0.2, -0.15) is 18.4 Å². The molecule has 0 unspecified atom stereocenters. The third-order valence-electron chi connectivity index (χ3n) is 2.12. The maximum Gasteiger partial charge on any atom is 0.405 e. The molecule has 0 atom stereocenters. The number of amides is 1. The Kier molecular flexibility index (Phi) is 4.99. The molecule has 20 heavy (non-hydrogen) atoms. The van der Waals surface area contributed by atoms with E-state index >= 15 is 0 Å². The Morgan fingerprint density at radius 2 is 2.20 bits per heavy atom. The van der Waals surface area contributed by atoms with Crippen LogP contribution in [0.5, 0.6) is 0 Å². The average molecular weight is 304 g/mol. The number of carbonyl (C=O) groups is 1. The molecule has 0 aromatic carbocycles. The number of alkyl halides is 3. The van der Waals surface area contributed by atoms with Crippen LogP contribution in [-0.4, -0.2) is 25.2 Å². The third kappa shape index (κ3) is 3.89. The quantitative estimate of drug-likeness (QED) is 0.726. The molecule has 0 radical (unpaired) electrons. The van der Waals surface area contributed by atoms with E-state index in [1.165, 1.54) is 6.08 Å². The van der Waals surface area contributed by atoms with E-state index in [0.29, 0.717) is 11.3 Å². The van der Waals surface area contributed by atoms with Gasteiger partial charge in [0.25, 0.3) is 5.91 Å². The number of anilines is 2. The van der Waals surface area contributed by atoms with Crippen LogP contribution in [0.25, 0.3) is 0 Å². The van der Waals surface area contributed by atoms with E-state index in [0.717, 1.165) is 0 Å². The van der Waals surface area contributed by atoms with Crippen LogP contribution in [0.1, 0.15) is 15.2 Å². The minimum Gasteiger partial charge on any atom is -0.396 e. The summed E-state index contributed by atoms with van der Waals surface area (Å²) in [7, 11) is 0. The topological polar surface area (TPSA) is 90.9 Å². The van der Waals surface area contributed by atoms with Crippen LogP contribution < -0.4 is 16.4 Å². The summed E-state index contributed by atoms with van der Waals surface area (Å²) in [5.41, 5.74) is 5.31. The van der Waals surface area contributed by atoms with Gasteiger partial charge in [0.2, 0.25) is 0 Å². The summed E-state index contributed by atoms with van der Waals surface area (Å²) in [6, 6.07) is 1.69. The first-order chi connectivity index (χ1) is 9.30. The van der Waals surface area contributed by atoms with E-state index in [2.05, 4.69) is 17.2 Å². The predicted molar refractivity (Wildman–Crippen MR) is 70.5 cm³/mol. The van der Waals surface area contributed by atoms with E-state index in [9.17, 15) is 18.0 Å². The number of hydrogen-bond acceptors (Lipinski definition) is 5. The van der Waals surface area contributed by atoms with Crippen LogP contribution in [0, 0.1) is 11.3 Å². The minimum atomic E-state index is -4.43. The number of nitrogen functional groups attached to an aromatic ring is 1. The maximum atomic E-state index is 12.1. The Balaban J connectivity index is 3.00. The van der Waals surface area contributed by atoms with Gasteiger partial charge in [-0.05, 0) is 0 Å². The highest BCUT2D eigenvalue weighted by Crippen LogP contribution is 2.35. The van der Waals surface area contributed by atoms with Crippen molar-refractivity contribution in [1.82, 2.24) is 5.32 Å². The normalized spacial score (nSPS) is 10.7. The molecule has 0 aliphatic carbocycles. The summed E-state index contributed by atoms with van der Waals surface area (Å²) >= 11 is 0.705. The number of halogens is 3. The van der Waals surface area contributed by atoms with Crippen molar-refractivity contribution in [2.75, 3.05) is 24.1 Å². The fourth-order valence-corrected chi connectivity index (χ4v) is 2.26. The first kappa shape index (κ1) is 15.8. The van der Waals surface area contributed by atoms with Gasteiger partial charge in [0.1, 0.15) is 28.1 Å². The van der Waals surface area contributed by atoms with E-state index in [-0.39, 0.29) is 27.7 Å². The zero-order valence-corrected chi connectivity index (χ0v) is 11.0. The van der Waals surface area contributed by atoms with Crippen molar-refractivity contribution in [1.29, 1.82) is 5.26 Å². The van der Waals surface area contributed by atoms with Gasteiger partial charge in [-0.25, -0.2) is 0 Å². The number of thiophene rings is 1. The van der Waals surface area contributed by atoms with Crippen molar-refractivity contribution in [3.8, 4) is 6.07 Å². The Morgan fingerprint density at radius 1 is 1.55 bits per heavy atom. The Bertz CT molecular complexity index is 559. The molecule has 108 valence electrons. The van der Waals surface area contributed by atoms with Crippen molar-refractivity contribution in [3.05, 3.63) is 23.1 Å². The zero-order valence-electron chi connectivity index (χ0n) is 10.2. The average Bonchev–Trinajstić information content (AvgIpc) is 2.69. The highest BCUT2D eigenvalue weighted by Gasteiger charge is 2.29. The van der Waals surface area contributed by atoms with Gasteiger partial charge in [0.15, 0.2) is 0 Å². The van der Waals surface area contributed by atoms with Crippen molar-refractivity contribution in [3.63, 3.8) is 0 Å². The first-order valence-electron chi connectivity index (χ1n) is 5.32. The number of hydrogen-bond donors (Lipinski definition) is 3. The number of rotatable bonds is 5. The van der Waals surface area contributed by atoms with Crippen molar-refractivity contribution in [2.24, 2.45) is 0 Å². The zero-order chi connectivity index (χ0) is 15.3. The third-order valence-corrected chi connectivity index (χ3v) is 3.28. The molecule has 1 aromatic heterocycles. The molecule has 0 bridgehead atoms. The van der Waals surface area contributed by atoms with Crippen LogP contribution in [0.2, 0.25) is 0 Å². The highest BCUT2D eigenvalue weighted by molar-refractivity contribution is 7.18. The fourth-order valence-electron chi connectivity index (χ4n) is 1.27. The van der Waals surface area contributed by atoms with Crippen molar-refractivity contribution < 1.29 is 18.0 Å². The second kappa shape index (κ2) is 6.29. The second-order valence-electron chi connectivity index (χ2n) is 3.63. The van der Waals surface area contributed by atoms with Gasteiger partial charge >= 0.3 is 6.18 Å². The van der Waals surface area contributed by atoms with Gasteiger partial charge in [-0.3, -0.25) is 4.79 Å². The molecule has 4 N–H and O–H groups in total. The van der Waals surface area contributed by atoms with E-state index < -0.39 is 18.6 Å². The largest absolute Gasteiger partial charge is 0.405 e. The lowest BCUT2D eigenvalue weighted by Crippen LogP contribution is -2.23. The SMILES string of the molecule is C=CCNC(=O)c1sc(NCC(F)(F)F)c(C#N)c1N. The van der Waals surface area contributed by atoms with E-state index in [1.807, 2.05) is 0 Å². The standard InChI is InChI=1S/C11H11F3N4OS/c1-2-3-17-9(19)8-7(16)6(4-15)10(20-8)18-5-11(12,13)14/h2,18H,1,3,5,16H2,(H,17,19). The molecule has 0 saturated carbocycles. The van der Waals surface area contributed by atoms with Gasteiger partial charge < -0.3 is 16.4 Å². The summed E-state index contributed by atoms with van der Waals surface area (Å²) in [5, 5.41) is 13.3. The Morgan fingerprint density at radius 3 is 2.70 bits per heavy atom. The molecular weight excluding hydrogens is 293 g/mol. The van der Waals surface area contributed by atoms with Crippen LogP contribution in [0.3, 0.4) is 0 Å². The minimum absolute atomic E-state index is 0.00641. The second-order valence-corrected chi connectivity index (χ2v) is 4.65. The lowest BCUT2D eigenvalue weighted by Gasteiger charge is -2.07. The molecule has 0 spiro atoms. The van der Waals surface area contributed by atoms with Crippen LogP contribution in [-0.2, 0) is 0 Å². The predicted octanol–water partition coefficient (Wildman–Crippen LogP) is 2.09. The smallest absolute Gasteiger partial charge is 0.396 e. The molecule has 0 aliphatic rings. The van der Waals surface area contributed by atoms with Crippen LogP contribution in [0.15, 0.2) is 12.7 Å². The molecular formula is C11H11F3N4OS. The van der Waals surface area contributed by atoms with Crippen LogP contribution >= 0.6 is 11.3 Å². The molecule has 1 rings (SSSR count). The molecule has 0 saturated heterocycles. The molecule has 5 nitrogen and oxygen atoms in total. The van der Waals surface area contributed by atoms with Gasteiger partial charge in [0, 0.05) is 6.54 Å². The summed E-state index contributed by atoms with van der Waals surface area (Å²) < 4.78 is 36.4. The molecule has 1 heterocycles. The molecule has 9 heteroatoms. The maximum absolute atomic E-state index is 12.1.